The van der Waals surface area contributed by atoms with E-state index in [1.807, 2.05) is 25.3 Å². The molecule has 2 aromatic rings. The number of nitrogens with zero attached hydrogens (tertiary/aromatic N) is 5. The smallest absolute Gasteiger partial charge is 0.224 e. The number of hydrogen-bond donors (Lipinski definition) is 1. The number of amides is 1. The van der Waals surface area contributed by atoms with Gasteiger partial charge in [-0.2, -0.15) is 0 Å². The van der Waals surface area contributed by atoms with Crippen molar-refractivity contribution in [2.75, 3.05) is 31.1 Å². The third-order valence-corrected chi connectivity index (χ3v) is 6.60. The van der Waals surface area contributed by atoms with Gasteiger partial charge in [-0.1, -0.05) is 6.07 Å². The van der Waals surface area contributed by atoms with Crippen LogP contribution in [0.4, 0.5) is 5.82 Å². The van der Waals surface area contributed by atoms with Crippen molar-refractivity contribution in [2.24, 2.45) is 5.92 Å². The Bertz CT molecular complexity index is 850. The van der Waals surface area contributed by atoms with Crippen LogP contribution in [0.15, 0.2) is 30.9 Å². The molecule has 1 atom stereocenters. The van der Waals surface area contributed by atoms with Crippen molar-refractivity contribution in [3.8, 4) is 0 Å². The Balaban J connectivity index is 1.29. The van der Waals surface area contributed by atoms with E-state index in [1.165, 1.54) is 5.56 Å². The maximum Gasteiger partial charge on any atom is 0.224 e. The Morgan fingerprint density at radius 3 is 2.77 bits per heavy atom. The molecule has 4 heterocycles. The Kier molecular flexibility index (Phi) is 6.57. The molecular formula is C23H32N6O. The van der Waals surface area contributed by atoms with Crippen LogP contribution in [0.25, 0.3) is 0 Å². The zero-order chi connectivity index (χ0) is 20.9. The largest absolute Gasteiger partial charge is 0.356 e. The van der Waals surface area contributed by atoms with Gasteiger partial charge in [0.2, 0.25) is 5.91 Å². The van der Waals surface area contributed by atoms with Crippen LogP contribution < -0.4 is 10.2 Å². The van der Waals surface area contributed by atoms with Gasteiger partial charge in [0, 0.05) is 55.9 Å². The predicted molar refractivity (Wildman–Crippen MR) is 117 cm³/mol. The summed E-state index contributed by atoms with van der Waals surface area (Å²) in [6.07, 6.45) is 9.54. The van der Waals surface area contributed by atoms with Crippen molar-refractivity contribution in [1.29, 1.82) is 0 Å². The third kappa shape index (κ3) is 4.78. The van der Waals surface area contributed by atoms with Gasteiger partial charge in [0.05, 0.1) is 5.92 Å². The summed E-state index contributed by atoms with van der Waals surface area (Å²) in [5.74, 6) is 1.33. The van der Waals surface area contributed by atoms with E-state index >= 15 is 0 Å². The Labute approximate surface area is 178 Å². The molecule has 0 spiro atoms. The Hall–Kier alpha value is -2.54. The summed E-state index contributed by atoms with van der Waals surface area (Å²) in [6, 6.07) is 4.45. The number of likely N-dealkylation sites (tertiary alicyclic amines) is 1. The molecule has 4 rings (SSSR count). The molecule has 160 valence electrons. The molecule has 7 heteroatoms. The summed E-state index contributed by atoms with van der Waals surface area (Å²) >= 11 is 0. The number of aryl methyl sites for hydroxylation is 1. The SMILES string of the molecule is Cc1ncnc(N2CCC(N3CCCC(C(=O)NCc4cccnc4)C3)CC2)c1C. The number of hydrogen-bond acceptors (Lipinski definition) is 6. The van der Waals surface area contributed by atoms with Gasteiger partial charge in [-0.25, -0.2) is 9.97 Å². The summed E-state index contributed by atoms with van der Waals surface area (Å²) in [4.78, 5) is 30.6. The number of piperidine rings is 2. The minimum Gasteiger partial charge on any atom is -0.356 e. The van der Waals surface area contributed by atoms with Crippen molar-refractivity contribution in [1.82, 2.24) is 25.2 Å². The number of rotatable bonds is 5. The van der Waals surface area contributed by atoms with Gasteiger partial charge in [-0.05, 0) is 57.7 Å². The molecule has 0 bridgehead atoms. The van der Waals surface area contributed by atoms with E-state index in [1.54, 1.807) is 12.5 Å². The number of aromatic nitrogens is 3. The van der Waals surface area contributed by atoms with Crippen LogP contribution in [0.1, 0.15) is 42.5 Å². The lowest BCUT2D eigenvalue weighted by Gasteiger charge is -2.42. The van der Waals surface area contributed by atoms with Gasteiger partial charge < -0.3 is 10.2 Å². The molecule has 2 aliphatic heterocycles. The van der Waals surface area contributed by atoms with Crippen molar-refractivity contribution in [2.45, 2.75) is 52.1 Å². The summed E-state index contributed by atoms with van der Waals surface area (Å²) in [5, 5.41) is 3.10. The van der Waals surface area contributed by atoms with E-state index in [0.29, 0.717) is 12.6 Å². The highest BCUT2D eigenvalue weighted by atomic mass is 16.1. The van der Waals surface area contributed by atoms with Crippen molar-refractivity contribution < 1.29 is 4.79 Å². The van der Waals surface area contributed by atoms with E-state index in [0.717, 1.165) is 68.9 Å². The summed E-state index contributed by atoms with van der Waals surface area (Å²) < 4.78 is 0. The first-order chi connectivity index (χ1) is 14.6. The van der Waals surface area contributed by atoms with E-state index in [4.69, 9.17) is 0 Å². The van der Waals surface area contributed by atoms with Gasteiger partial charge in [0.1, 0.15) is 12.1 Å². The number of pyridine rings is 1. The zero-order valence-electron chi connectivity index (χ0n) is 18.0. The fraction of sp³-hybridized carbons (Fsp3) is 0.565. The lowest BCUT2D eigenvalue weighted by atomic mass is 9.93. The van der Waals surface area contributed by atoms with Gasteiger partial charge in [0.25, 0.3) is 0 Å². The van der Waals surface area contributed by atoms with Crippen LogP contribution in [0, 0.1) is 19.8 Å². The highest BCUT2D eigenvalue weighted by molar-refractivity contribution is 5.79. The molecule has 0 saturated carbocycles. The third-order valence-electron chi connectivity index (χ3n) is 6.60. The molecule has 2 saturated heterocycles. The normalized spacial score (nSPS) is 20.9. The van der Waals surface area contributed by atoms with Crippen LogP contribution in [-0.2, 0) is 11.3 Å². The zero-order valence-corrected chi connectivity index (χ0v) is 18.0. The molecule has 2 aromatic heterocycles. The second-order valence-electron chi connectivity index (χ2n) is 8.54. The van der Waals surface area contributed by atoms with Crippen molar-refractivity contribution in [3.05, 3.63) is 47.7 Å². The second-order valence-corrected chi connectivity index (χ2v) is 8.54. The molecule has 2 fully saturated rings. The van der Waals surface area contributed by atoms with Crippen LogP contribution in [0.2, 0.25) is 0 Å². The van der Waals surface area contributed by atoms with Gasteiger partial charge in [0.15, 0.2) is 0 Å². The predicted octanol–water partition coefficient (Wildman–Crippen LogP) is 2.49. The van der Waals surface area contributed by atoms with Crippen LogP contribution in [-0.4, -0.2) is 58.0 Å². The Morgan fingerprint density at radius 1 is 1.17 bits per heavy atom. The molecule has 1 unspecified atom stereocenters. The minimum absolute atomic E-state index is 0.0835. The maximum atomic E-state index is 12.7. The van der Waals surface area contributed by atoms with Gasteiger partial charge >= 0.3 is 0 Å². The van der Waals surface area contributed by atoms with Crippen molar-refractivity contribution in [3.63, 3.8) is 0 Å². The average molecular weight is 409 g/mol. The average Bonchev–Trinajstić information content (AvgIpc) is 2.80. The highest BCUT2D eigenvalue weighted by Crippen LogP contribution is 2.27. The lowest BCUT2D eigenvalue weighted by Crippen LogP contribution is -2.51. The maximum absolute atomic E-state index is 12.7. The monoisotopic (exact) mass is 408 g/mol. The van der Waals surface area contributed by atoms with E-state index in [9.17, 15) is 4.79 Å². The minimum atomic E-state index is 0.0835. The first-order valence-corrected chi connectivity index (χ1v) is 11.1. The van der Waals surface area contributed by atoms with E-state index < -0.39 is 0 Å². The molecule has 0 aliphatic carbocycles. The summed E-state index contributed by atoms with van der Waals surface area (Å²) in [5.41, 5.74) is 3.28. The standard InChI is InChI=1S/C23H32N6O/c1-17-18(2)26-16-27-22(17)28-11-7-21(8-12-28)29-10-4-6-20(15-29)23(30)25-14-19-5-3-9-24-13-19/h3,5,9,13,16,20-21H,4,6-8,10-12,14-15H2,1-2H3,(H,25,30). The topological polar surface area (TPSA) is 74.2 Å². The number of anilines is 1. The van der Waals surface area contributed by atoms with Gasteiger partial charge in [-0.3, -0.25) is 14.7 Å². The number of carbonyl (C=O) groups is 1. The molecule has 30 heavy (non-hydrogen) atoms. The van der Waals surface area contributed by atoms with Crippen LogP contribution >= 0.6 is 0 Å². The highest BCUT2D eigenvalue weighted by Gasteiger charge is 2.32. The summed E-state index contributed by atoms with van der Waals surface area (Å²) in [6.45, 7) is 8.69. The molecule has 2 aliphatic rings. The molecule has 7 nitrogen and oxygen atoms in total. The van der Waals surface area contributed by atoms with Crippen LogP contribution in [0.5, 0.6) is 0 Å². The Morgan fingerprint density at radius 2 is 2.00 bits per heavy atom. The van der Waals surface area contributed by atoms with Crippen LogP contribution in [0.3, 0.4) is 0 Å². The van der Waals surface area contributed by atoms with Crippen molar-refractivity contribution >= 4 is 11.7 Å². The molecular weight excluding hydrogens is 376 g/mol. The lowest BCUT2D eigenvalue weighted by molar-refractivity contribution is -0.127. The quantitative estimate of drug-likeness (QED) is 0.819. The molecule has 0 radical (unpaired) electrons. The first kappa shape index (κ1) is 20.7. The van der Waals surface area contributed by atoms with E-state index in [-0.39, 0.29) is 11.8 Å². The number of carbonyl (C=O) groups excluding carboxylic acids is 1. The molecule has 1 N–H and O–H groups in total. The molecule has 0 aromatic carbocycles. The fourth-order valence-electron chi connectivity index (χ4n) is 4.68. The fourth-order valence-corrected chi connectivity index (χ4v) is 4.68. The molecule has 1 amide bonds. The van der Waals surface area contributed by atoms with E-state index in [2.05, 4.69) is 37.0 Å². The van der Waals surface area contributed by atoms with Gasteiger partial charge in [-0.15, -0.1) is 0 Å². The second kappa shape index (κ2) is 9.51. The first-order valence-electron chi connectivity index (χ1n) is 11.1. The number of nitrogens with one attached hydrogen (secondary N) is 1. The summed E-state index contributed by atoms with van der Waals surface area (Å²) in [7, 11) is 0.